The predicted molar refractivity (Wildman–Crippen MR) is 82.9 cm³/mol. The van der Waals surface area contributed by atoms with Crippen LogP contribution in [-0.4, -0.2) is 18.1 Å². The number of nitrogens with zero attached hydrogens (tertiary/aromatic N) is 1. The van der Waals surface area contributed by atoms with Crippen LogP contribution in [-0.2, 0) is 0 Å². The van der Waals surface area contributed by atoms with Gasteiger partial charge in [-0.05, 0) is 65.6 Å². The highest BCUT2D eigenvalue weighted by Gasteiger charge is 2.23. The summed E-state index contributed by atoms with van der Waals surface area (Å²) in [6, 6.07) is 12.4. The van der Waals surface area contributed by atoms with Crippen molar-refractivity contribution in [2.45, 2.75) is 25.0 Å². The number of rotatable bonds is 5. The van der Waals surface area contributed by atoms with Gasteiger partial charge in [-0.1, -0.05) is 12.1 Å². The molecular weight excluding hydrogens is 316 g/mol. The van der Waals surface area contributed by atoms with Gasteiger partial charge in [0.1, 0.15) is 5.75 Å². The molecule has 20 heavy (non-hydrogen) atoms. The number of benzene rings is 1. The summed E-state index contributed by atoms with van der Waals surface area (Å²) in [6.07, 6.45) is 4.63. The third kappa shape index (κ3) is 3.19. The van der Waals surface area contributed by atoms with Gasteiger partial charge in [-0.2, -0.15) is 0 Å². The lowest BCUT2D eigenvalue weighted by Crippen LogP contribution is -2.18. The summed E-state index contributed by atoms with van der Waals surface area (Å²) in [6.45, 7) is 0. The number of aromatic nitrogens is 1. The van der Waals surface area contributed by atoms with Crippen LogP contribution in [0.15, 0.2) is 47.1 Å². The Morgan fingerprint density at radius 1 is 1.20 bits per heavy atom. The number of hydrogen-bond acceptors (Lipinski definition) is 3. The average molecular weight is 333 g/mol. The Balaban J connectivity index is 1.79. The maximum atomic E-state index is 5.77. The molecule has 2 aromatic rings. The Labute approximate surface area is 127 Å². The fourth-order valence-corrected chi connectivity index (χ4v) is 2.40. The fourth-order valence-electron chi connectivity index (χ4n) is 2.16. The highest BCUT2D eigenvalue weighted by Crippen LogP contribution is 2.28. The number of halogens is 1. The van der Waals surface area contributed by atoms with Crippen LogP contribution in [0.3, 0.4) is 0 Å². The molecule has 1 aromatic carbocycles. The van der Waals surface area contributed by atoms with Crippen molar-refractivity contribution in [1.29, 1.82) is 0 Å². The highest BCUT2D eigenvalue weighted by atomic mass is 79.9. The van der Waals surface area contributed by atoms with Crippen LogP contribution in [0.4, 0.5) is 0 Å². The van der Waals surface area contributed by atoms with Crippen LogP contribution in [0.25, 0.3) is 0 Å². The summed E-state index contributed by atoms with van der Waals surface area (Å²) in [7, 11) is 1.95. The van der Waals surface area contributed by atoms with Crippen molar-refractivity contribution in [3.8, 4) is 5.75 Å². The van der Waals surface area contributed by atoms with Crippen molar-refractivity contribution in [3.05, 3.63) is 58.3 Å². The van der Waals surface area contributed by atoms with E-state index in [1.807, 2.05) is 37.5 Å². The summed E-state index contributed by atoms with van der Waals surface area (Å²) in [5, 5.41) is 3.31. The first kappa shape index (κ1) is 13.6. The van der Waals surface area contributed by atoms with E-state index in [1.165, 1.54) is 18.4 Å². The molecule has 1 unspecified atom stereocenters. The van der Waals surface area contributed by atoms with Crippen LogP contribution >= 0.6 is 15.9 Å². The molecule has 1 aliphatic carbocycles. The third-order valence-electron chi connectivity index (χ3n) is 3.38. The van der Waals surface area contributed by atoms with E-state index >= 15 is 0 Å². The van der Waals surface area contributed by atoms with Crippen molar-refractivity contribution in [1.82, 2.24) is 10.3 Å². The number of nitrogens with one attached hydrogen (secondary N) is 1. The van der Waals surface area contributed by atoms with Crippen molar-refractivity contribution >= 4 is 15.9 Å². The second kappa shape index (κ2) is 5.94. The maximum Gasteiger partial charge on any atom is 0.119 e. The first-order chi connectivity index (χ1) is 9.76. The smallest absolute Gasteiger partial charge is 0.119 e. The van der Waals surface area contributed by atoms with Gasteiger partial charge in [-0.15, -0.1) is 0 Å². The number of hydrogen-bond donors (Lipinski definition) is 1. The molecule has 0 radical (unpaired) electrons. The average Bonchev–Trinajstić information content (AvgIpc) is 3.27. The van der Waals surface area contributed by atoms with E-state index in [-0.39, 0.29) is 6.04 Å². The molecule has 1 saturated carbocycles. The Bertz CT molecular complexity index is 564. The molecule has 3 rings (SSSR count). The molecule has 1 fully saturated rings. The Kier molecular flexibility index (Phi) is 4.03. The summed E-state index contributed by atoms with van der Waals surface area (Å²) >= 11 is 3.41. The lowest BCUT2D eigenvalue weighted by Gasteiger charge is -2.16. The summed E-state index contributed by atoms with van der Waals surface area (Å²) in [4.78, 5) is 4.47. The van der Waals surface area contributed by atoms with Crippen molar-refractivity contribution in [2.24, 2.45) is 0 Å². The molecule has 104 valence electrons. The van der Waals surface area contributed by atoms with Gasteiger partial charge < -0.3 is 10.1 Å². The van der Waals surface area contributed by atoms with E-state index in [9.17, 15) is 0 Å². The predicted octanol–water partition coefficient (Wildman–Crippen LogP) is 3.69. The van der Waals surface area contributed by atoms with Gasteiger partial charge >= 0.3 is 0 Å². The minimum absolute atomic E-state index is 0.0954. The van der Waals surface area contributed by atoms with Gasteiger partial charge in [0.2, 0.25) is 0 Å². The molecule has 1 heterocycles. The molecule has 1 atom stereocenters. The standard InChI is InChI=1S/C16H17BrN2O/c1-18-16(15-9-4-12(17)10-19-15)11-2-5-13(6-3-11)20-14-7-8-14/h2-6,9-10,14,16,18H,7-8H2,1H3. The zero-order chi connectivity index (χ0) is 13.9. The van der Waals surface area contributed by atoms with Gasteiger partial charge in [-0.25, -0.2) is 0 Å². The zero-order valence-corrected chi connectivity index (χ0v) is 12.9. The summed E-state index contributed by atoms with van der Waals surface area (Å²) < 4.78 is 6.76. The normalized spacial score (nSPS) is 15.9. The van der Waals surface area contributed by atoms with Crippen LogP contribution in [0, 0.1) is 0 Å². The van der Waals surface area contributed by atoms with Crippen molar-refractivity contribution in [3.63, 3.8) is 0 Å². The number of pyridine rings is 1. The summed E-state index contributed by atoms with van der Waals surface area (Å²) in [5.74, 6) is 0.954. The minimum atomic E-state index is 0.0954. The molecule has 0 bridgehead atoms. The first-order valence-electron chi connectivity index (χ1n) is 6.81. The van der Waals surface area contributed by atoms with Crippen LogP contribution in [0.1, 0.15) is 30.1 Å². The lowest BCUT2D eigenvalue weighted by atomic mass is 10.0. The molecule has 0 aliphatic heterocycles. The van der Waals surface area contributed by atoms with E-state index in [1.54, 1.807) is 0 Å². The Morgan fingerprint density at radius 2 is 1.95 bits per heavy atom. The lowest BCUT2D eigenvalue weighted by molar-refractivity contribution is 0.303. The third-order valence-corrected chi connectivity index (χ3v) is 3.84. The monoisotopic (exact) mass is 332 g/mol. The minimum Gasteiger partial charge on any atom is -0.490 e. The van der Waals surface area contributed by atoms with Crippen molar-refractivity contribution in [2.75, 3.05) is 7.05 Å². The quantitative estimate of drug-likeness (QED) is 0.906. The molecule has 3 nitrogen and oxygen atoms in total. The van der Waals surface area contributed by atoms with Crippen LogP contribution in [0.2, 0.25) is 0 Å². The van der Waals surface area contributed by atoms with E-state index < -0.39 is 0 Å². The van der Waals surface area contributed by atoms with Gasteiger partial charge in [0.25, 0.3) is 0 Å². The molecule has 0 amide bonds. The second-order valence-electron chi connectivity index (χ2n) is 5.01. The zero-order valence-electron chi connectivity index (χ0n) is 11.3. The van der Waals surface area contributed by atoms with E-state index in [0.29, 0.717) is 6.10 Å². The van der Waals surface area contributed by atoms with Gasteiger partial charge in [-0.3, -0.25) is 4.98 Å². The molecular formula is C16H17BrN2O. The molecule has 0 spiro atoms. The molecule has 1 aliphatic rings. The largest absolute Gasteiger partial charge is 0.490 e. The first-order valence-corrected chi connectivity index (χ1v) is 7.61. The van der Waals surface area contributed by atoms with E-state index in [4.69, 9.17) is 4.74 Å². The van der Waals surface area contributed by atoms with Gasteiger partial charge in [0.05, 0.1) is 17.8 Å². The van der Waals surface area contributed by atoms with E-state index in [0.717, 1.165) is 15.9 Å². The Hall–Kier alpha value is -1.39. The number of ether oxygens (including phenoxy) is 1. The fraction of sp³-hybridized carbons (Fsp3) is 0.312. The highest BCUT2D eigenvalue weighted by molar-refractivity contribution is 9.10. The molecule has 1 aromatic heterocycles. The second-order valence-corrected chi connectivity index (χ2v) is 5.92. The SMILES string of the molecule is CNC(c1ccc(OC2CC2)cc1)c1ccc(Br)cn1. The van der Waals surface area contributed by atoms with Gasteiger partial charge in [0, 0.05) is 10.7 Å². The van der Waals surface area contributed by atoms with Gasteiger partial charge in [0.15, 0.2) is 0 Å². The molecule has 0 saturated heterocycles. The van der Waals surface area contributed by atoms with Crippen LogP contribution in [0.5, 0.6) is 5.75 Å². The maximum absolute atomic E-state index is 5.77. The Morgan fingerprint density at radius 3 is 2.50 bits per heavy atom. The van der Waals surface area contributed by atoms with Crippen LogP contribution < -0.4 is 10.1 Å². The molecule has 4 heteroatoms. The van der Waals surface area contributed by atoms with E-state index in [2.05, 4.69) is 38.4 Å². The van der Waals surface area contributed by atoms with Crippen molar-refractivity contribution < 1.29 is 4.74 Å². The summed E-state index contributed by atoms with van der Waals surface area (Å²) in [5.41, 5.74) is 2.19. The molecule has 1 N–H and O–H groups in total. The topological polar surface area (TPSA) is 34.1 Å².